The number of rotatable bonds is 5. The van der Waals surface area contributed by atoms with E-state index in [2.05, 4.69) is 0 Å². The molecule has 3 rings (SSSR count). The Morgan fingerprint density at radius 1 is 0.714 bits per heavy atom. The number of hydrogen-bond donors (Lipinski definition) is 0. The van der Waals surface area contributed by atoms with Crippen molar-refractivity contribution >= 4 is 42.3 Å². The summed E-state index contributed by atoms with van der Waals surface area (Å²) in [6.07, 6.45) is 0. The summed E-state index contributed by atoms with van der Waals surface area (Å²) >= 11 is 0. The Labute approximate surface area is 164 Å². The molecule has 0 fully saturated rings. The molecule has 0 atom stereocenters. The van der Waals surface area contributed by atoms with Crippen molar-refractivity contribution in [3.05, 3.63) is 83.9 Å². The third kappa shape index (κ3) is 3.76. The maximum atomic E-state index is 12.5. The lowest BCUT2D eigenvalue weighted by Crippen LogP contribution is -2.20. The maximum Gasteiger partial charge on any atom is 0.340 e. The molecule has 0 aliphatic rings. The van der Waals surface area contributed by atoms with Gasteiger partial charge in [0.05, 0.1) is 31.0 Å². The van der Waals surface area contributed by atoms with Crippen LogP contribution in [0.1, 0.15) is 20.7 Å². The minimum absolute atomic E-state index is 0.273. The molecule has 0 N–H and O–H groups in total. The van der Waals surface area contributed by atoms with E-state index in [0.717, 1.165) is 16.8 Å². The summed E-state index contributed by atoms with van der Waals surface area (Å²) in [6, 6.07) is 22.3. The molecule has 140 valence electrons. The van der Waals surface area contributed by atoms with Gasteiger partial charge in [-0.25, -0.2) is 9.59 Å². The molecule has 28 heavy (non-hydrogen) atoms. The molecule has 5 nitrogen and oxygen atoms in total. The van der Waals surface area contributed by atoms with Crippen LogP contribution in [-0.4, -0.2) is 34.0 Å². The maximum absolute atomic E-state index is 12.5. The number of benzene rings is 3. The number of methoxy groups -OCH3 is 2. The number of para-hydroxylation sites is 2. The molecule has 3 aromatic rings. The van der Waals surface area contributed by atoms with Gasteiger partial charge in [-0.3, -0.25) is 0 Å². The molecule has 6 heteroatoms. The van der Waals surface area contributed by atoms with Crippen LogP contribution in [0.15, 0.2) is 72.8 Å². The summed E-state index contributed by atoms with van der Waals surface area (Å²) in [6.45, 7) is 0. The minimum Gasteiger partial charge on any atom is -0.465 e. The first-order valence-electron chi connectivity index (χ1n) is 8.78. The molecule has 0 heterocycles. The van der Waals surface area contributed by atoms with E-state index in [9.17, 15) is 9.59 Å². The fraction of sp³-hybridized carbons (Fsp3) is 0.0909. The highest BCUT2D eigenvalue weighted by Crippen LogP contribution is 2.39. The molecule has 0 saturated heterocycles. The largest absolute Gasteiger partial charge is 0.465 e. The van der Waals surface area contributed by atoms with E-state index in [1.54, 1.807) is 18.2 Å². The van der Waals surface area contributed by atoms with Crippen molar-refractivity contribution in [3.63, 3.8) is 0 Å². The van der Waals surface area contributed by atoms with Crippen molar-refractivity contribution in [1.29, 1.82) is 0 Å². The highest BCUT2D eigenvalue weighted by molar-refractivity contribution is 6.32. The van der Waals surface area contributed by atoms with Crippen LogP contribution in [0.5, 0.6) is 0 Å². The molecule has 0 aromatic heterocycles. The van der Waals surface area contributed by atoms with Gasteiger partial charge in [-0.15, -0.1) is 0 Å². The summed E-state index contributed by atoms with van der Waals surface area (Å²) in [5, 5.41) is 0. The van der Waals surface area contributed by atoms with Crippen LogP contribution in [0.2, 0.25) is 0 Å². The Hall–Kier alpha value is -3.54. The van der Waals surface area contributed by atoms with Crippen molar-refractivity contribution in [2.45, 2.75) is 0 Å². The summed E-state index contributed by atoms with van der Waals surface area (Å²) in [7, 11) is 4.63. The van der Waals surface area contributed by atoms with Gasteiger partial charge in [-0.2, -0.15) is 0 Å². The Morgan fingerprint density at radius 3 is 1.71 bits per heavy atom. The third-order valence-electron chi connectivity index (χ3n) is 4.38. The van der Waals surface area contributed by atoms with Gasteiger partial charge in [0.25, 0.3) is 0 Å². The lowest BCUT2D eigenvalue weighted by atomic mass is 9.96. The molecule has 0 radical (unpaired) electrons. The second kappa shape index (κ2) is 8.44. The topological polar surface area (TPSA) is 55.8 Å². The normalized spacial score (nSPS) is 10.2. The van der Waals surface area contributed by atoms with E-state index in [1.807, 2.05) is 67.3 Å². The summed E-state index contributed by atoms with van der Waals surface area (Å²) in [4.78, 5) is 26.9. The number of nitrogens with zero attached hydrogens (tertiary/aromatic N) is 1. The summed E-state index contributed by atoms with van der Waals surface area (Å²) < 4.78 is 9.94. The molecule has 0 spiro atoms. The predicted molar refractivity (Wildman–Crippen MR) is 112 cm³/mol. The third-order valence-corrected chi connectivity index (χ3v) is 4.38. The van der Waals surface area contributed by atoms with Crippen molar-refractivity contribution in [3.8, 4) is 0 Å². The zero-order chi connectivity index (χ0) is 20.1. The SMILES string of the molecule is Bc1ccc(N(c2ccccc2)c2c(C(=O)OC)cccc2C(=O)OC)cc1. The number of carbonyl (C=O) groups is 2. The Kier molecular flexibility index (Phi) is 5.80. The molecule has 3 aromatic carbocycles. The van der Waals surface area contributed by atoms with Gasteiger partial charge in [-0.1, -0.05) is 41.9 Å². The van der Waals surface area contributed by atoms with Crippen LogP contribution in [0.3, 0.4) is 0 Å². The molecular weight excluding hydrogens is 353 g/mol. The monoisotopic (exact) mass is 373 g/mol. The average molecular weight is 373 g/mol. The standard InChI is InChI=1S/C22H20BNO4/c1-27-21(25)18-9-6-10-19(22(26)28-2)20(18)24(16-7-4-3-5-8-16)17-13-11-15(23)12-14-17/h3-14H,23H2,1-2H3. The van der Waals surface area contributed by atoms with E-state index >= 15 is 0 Å². The van der Waals surface area contributed by atoms with Crippen molar-refractivity contribution in [2.24, 2.45) is 0 Å². The van der Waals surface area contributed by atoms with E-state index in [-0.39, 0.29) is 11.1 Å². The second-order valence-corrected chi connectivity index (χ2v) is 6.19. The van der Waals surface area contributed by atoms with Crippen LogP contribution in [-0.2, 0) is 9.47 Å². The first-order chi connectivity index (χ1) is 13.6. The van der Waals surface area contributed by atoms with Crippen molar-refractivity contribution in [1.82, 2.24) is 0 Å². The van der Waals surface area contributed by atoms with Gasteiger partial charge in [0.2, 0.25) is 0 Å². The van der Waals surface area contributed by atoms with Crippen molar-refractivity contribution in [2.75, 3.05) is 19.1 Å². The van der Waals surface area contributed by atoms with Crippen LogP contribution >= 0.6 is 0 Å². The van der Waals surface area contributed by atoms with E-state index in [1.165, 1.54) is 14.2 Å². The first-order valence-corrected chi connectivity index (χ1v) is 8.78. The highest BCUT2D eigenvalue weighted by Gasteiger charge is 2.26. The molecular formula is C22H20BNO4. The summed E-state index contributed by atoms with van der Waals surface area (Å²) in [5.74, 6) is -1.07. The summed E-state index contributed by atoms with van der Waals surface area (Å²) in [5.41, 5.74) is 3.67. The van der Waals surface area contributed by atoms with Gasteiger partial charge in [0.15, 0.2) is 0 Å². The minimum atomic E-state index is -0.534. The van der Waals surface area contributed by atoms with Crippen LogP contribution in [0.25, 0.3) is 0 Å². The quantitative estimate of drug-likeness (QED) is 0.509. The lowest BCUT2D eigenvalue weighted by Gasteiger charge is -2.28. The predicted octanol–water partition coefficient (Wildman–Crippen LogP) is 2.99. The smallest absolute Gasteiger partial charge is 0.340 e. The fourth-order valence-corrected chi connectivity index (χ4v) is 3.01. The van der Waals surface area contributed by atoms with Gasteiger partial charge in [0.1, 0.15) is 7.85 Å². The van der Waals surface area contributed by atoms with Gasteiger partial charge in [-0.05, 0) is 36.4 Å². The number of carbonyl (C=O) groups excluding carboxylic acids is 2. The average Bonchev–Trinajstić information content (AvgIpc) is 2.75. The van der Waals surface area contributed by atoms with Crippen molar-refractivity contribution < 1.29 is 19.1 Å². The Bertz CT molecular complexity index is 953. The number of ether oxygens (including phenoxy) is 2. The van der Waals surface area contributed by atoms with E-state index in [0.29, 0.717) is 5.69 Å². The fourth-order valence-electron chi connectivity index (χ4n) is 3.01. The zero-order valence-electron chi connectivity index (χ0n) is 16.0. The van der Waals surface area contributed by atoms with E-state index < -0.39 is 11.9 Å². The molecule has 0 amide bonds. The molecule has 0 aliphatic heterocycles. The number of hydrogen-bond acceptors (Lipinski definition) is 5. The van der Waals surface area contributed by atoms with E-state index in [4.69, 9.17) is 9.47 Å². The number of esters is 2. The molecule has 0 bridgehead atoms. The lowest BCUT2D eigenvalue weighted by molar-refractivity contribution is 0.0601. The number of anilines is 3. The molecule has 0 saturated carbocycles. The second-order valence-electron chi connectivity index (χ2n) is 6.19. The van der Waals surface area contributed by atoms with Crippen LogP contribution in [0.4, 0.5) is 17.1 Å². The van der Waals surface area contributed by atoms with Gasteiger partial charge >= 0.3 is 11.9 Å². The highest BCUT2D eigenvalue weighted by atomic mass is 16.5. The van der Waals surface area contributed by atoms with Gasteiger partial charge < -0.3 is 14.4 Å². The Morgan fingerprint density at radius 2 is 1.21 bits per heavy atom. The Balaban J connectivity index is 2.34. The molecule has 0 aliphatic carbocycles. The van der Waals surface area contributed by atoms with Gasteiger partial charge in [0, 0.05) is 11.4 Å². The van der Waals surface area contributed by atoms with Crippen LogP contribution in [0, 0.1) is 0 Å². The zero-order valence-corrected chi connectivity index (χ0v) is 16.0. The van der Waals surface area contributed by atoms with Crippen LogP contribution < -0.4 is 10.4 Å². The first kappa shape index (κ1) is 19.2. The molecule has 0 unspecified atom stereocenters.